The lowest BCUT2D eigenvalue weighted by atomic mass is 9.85. The lowest BCUT2D eigenvalue weighted by molar-refractivity contribution is -0.145. The van der Waals surface area contributed by atoms with Gasteiger partial charge in [0, 0.05) is 11.5 Å². The van der Waals surface area contributed by atoms with Crippen molar-refractivity contribution in [1.82, 2.24) is 5.32 Å². The van der Waals surface area contributed by atoms with Crippen LogP contribution in [-0.4, -0.2) is 24.5 Å². The Labute approximate surface area is 190 Å². The number of amides is 1. The number of esters is 1. The zero-order valence-corrected chi connectivity index (χ0v) is 19.2. The van der Waals surface area contributed by atoms with Crippen LogP contribution in [0.3, 0.4) is 0 Å². The van der Waals surface area contributed by atoms with E-state index in [1.54, 1.807) is 19.1 Å². The molecule has 0 aliphatic carbocycles. The second kappa shape index (κ2) is 10.8. The van der Waals surface area contributed by atoms with Gasteiger partial charge in [0.1, 0.15) is 6.04 Å². The number of carbonyl (C=O) groups excluding carboxylic acids is 2. The summed E-state index contributed by atoms with van der Waals surface area (Å²) in [5.41, 5.74) is 6.13. The molecule has 0 aromatic heterocycles. The van der Waals surface area contributed by atoms with Crippen LogP contribution in [0.25, 0.3) is 0 Å². The molecule has 0 heterocycles. The Bertz CT molecular complexity index is 992. The predicted octanol–water partition coefficient (Wildman–Crippen LogP) is 5.50. The zero-order valence-electron chi connectivity index (χ0n) is 19.2. The minimum Gasteiger partial charge on any atom is -0.464 e. The van der Waals surface area contributed by atoms with Crippen LogP contribution >= 0.6 is 0 Å². The van der Waals surface area contributed by atoms with Gasteiger partial charge in [0.15, 0.2) is 0 Å². The molecule has 0 aliphatic heterocycles. The monoisotopic (exact) mass is 429 g/mol. The van der Waals surface area contributed by atoms with Gasteiger partial charge >= 0.3 is 5.97 Å². The van der Waals surface area contributed by atoms with E-state index in [1.165, 1.54) is 11.1 Å². The first-order valence-corrected chi connectivity index (χ1v) is 11.0. The lowest BCUT2D eigenvalue weighted by Gasteiger charge is -2.24. The Morgan fingerprint density at radius 1 is 0.750 bits per heavy atom. The Morgan fingerprint density at radius 2 is 1.19 bits per heavy atom. The molecule has 0 bridgehead atoms. The topological polar surface area (TPSA) is 55.4 Å². The third kappa shape index (κ3) is 6.07. The molecule has 3 aromatic carbocycles. The maximum absolute atomic E-state index is 12.9. The molecule has 1 atom stereocenters. The molecule has 0 fully saturated rings. The standard InChI is InChI=1S/C28H31NO3/c1-5-32-28(31)26(29-27(30)24-16-10-21(4)11-17-24)18-25(22-12-6-19(2)7-13-22)23-14-8-20(3)9-15-23/h6-17,25-26H,5,18H2,1-4H3,(H,29,30). The van der Waals surface area contributed by atoms with Crippen LogP contribution in [0, 0.1) is 20.8 Å². The van der Waals surface area contributed by atoms with E-state index in [2.05, 4.69) is 53.8 Å². The Morgan fingerprint density at radius 3 is 1.62 bits per heavy atom. The molecule has 3 aromatic rings. The fourth-order valence-corrected chi connectivity index (χ4v) is 3.70. The second-order valence-corrected chi connectivity index (χ2v) is 8.25. The van der Waals surface area contributed by atoms with E-state index < -0.39 is 12.0 Å². The average Bonchev–Trinajstić information content (AvgIpc) is 2.78. The number of ether oxygens (including phenoxy) is 1. The minimum atomic E-state index is -0.767. The van der Waals surface area contributed by atoms with E-state index in [-0.39, 0.29) is 18.4 Å². The van der Waals surface area contributed by atoms with Crippen LogP contribution in [-0.2, 0) is 9.53 Å². The molecule has 1 amide bonds. The van der Waals surface area contributed by atoms with Crippen molar-refractivity contribution in [3.05, 3.63) is 106 Å². The van der Waals surface area contributed by atoms with Gasteiger partial charge in [-0.2, -0.15) is 0 Å². The number of benzene rings is 3. The third-order valence-corrected chi connectivity index (χ3v) is 5.62. The van der Waals surface area contributed by atoms with Gasteiger partial charge in [-0.25, -0.2) is 4.79 Å². The molecule has 166 valence electrons. The Hall–Kier alpha value is -3.40. The van der Waals surface area contributed by atoms with Crippen LogP contribution < -0.4 is 5.32 Å². The minimum absolute atomic E-state index is 0.0658. The molecule has 0 spiro atoms. The molecular weight excluding hydrogens is 398 g/mol. The van der Waals surface area contributed by atoms with Gasteiger partial charge in [-0.1, -0.05) is 77.4 Å². The number of rotatable bonds is 8. The fourth-order valence-electron chi connectivity index (χ4n) is 3.70. The van der Waals surface area contributed by atoms with E-state index >= 15 is 0 Å². The fraction of sp³-hybridized carbons (Fsp3) is 0.286. The van der Waals surface area contributed by atoms with Gasteiger partial charge in [0.2, 0.25) is 0 Å². The first-order valence-electron chi connectivity index (χ1n) is 11.0. The highest BCUT2D eigenvalue weighted by Gasteiger charge is 2.28. The molecule has 32 heavy (non-hydrogen) atoms. The first-order chi connectivity index (χ1) is 15.4. The molecule has 3 rings (SSSR count). The molecule has 0 saturated heterocycles. The first kappa shape index (κ1) is 23.3. The third-order valence-electron chi connectivity index (χ3n) is 5.62. The van der Waals surface area contributed by atoms with E-state index in [4.69, 9.17) is 4.74 Å². The number of nitrogens with one attached hydrogen (secondary N) is 1. The Balaban J connectivity index is 1.92. The molecule has 0 radical (unpaired) electrons. The SMILES string of the molecule is CCOC(=O)C(CC(c1ccc(C)cc1)c1ccc(C)cc1)NC(=O)c1ccc(C)cc1. The number of hydrogen-bond acceptors (Lipinski definition) is 3. The van der Waals surface area contributed by atoms with Gasteiger partial charge in [-0.15, -0.1) is 0 Å². The molecule has 4 heteroatoms. The normalized spacial score (nSPS) is 11.8. The van der Waals surface area contributed by atoms with Gasteiger partial charge < -0.3 is 10.1 Å². The predicted molar refractivity (Wildman–Crippen MR) is 128 cm³/mol. The summed E-state index contributed by atoms with van der Waals surface area (Å²) in [4.78, 5) is 25.7. The van der Waals surface area contributed by atoms with Crippen LogP contribution in [0.5, 0.6) is 0 Å². The maximum Gasteiger partial charge on any atom is 0.328 e. The van der Waals surface area contributed by atoms with Crippen molar-refractivity contribution >= 4 is 11.9 Å². The zero-order chi connectivity index (χ0) is 23.1. The molecule has 4 nitrogen and oxygen atoms in total. The van der Waals surface area contributed by atoms with Crippen molar-refractivity contribution in [3.8, 4) is 0 Å². The van der Waals surface area contributed by atoms with Crippen molar-refractivity contribution in [2.24, 2.45) is 0 Å². The summed E-state index contributed by atoms with van der Waals surface area (Å²) in [5, 5.41) is 2.92. The average molecular weight is 430 g/mol. The van der Waals surface area contributed by atoms with E-state index in [0.717, 1.165) is 16.7 Å². The quantitative estimate of drug-likeness (QED) is 0.481. The molecule has 0 saturated carbocycles. The largest absolute Gasteiger partial charge is 0.464 e. The Kier molecular flexibility index (Phi) is 7.82. The van der Waals surface area contributed by atoms with Crippen molar-refractivity contribution in [1.29, 1.82) is 0 Å². The van der Waals surface area contributed by atoms with Gasteiger partial charge in [0.25, 0.3) is 5.91 Å². The lowest BCUT2D eigenvalue weighted by Crippen LogP contribution is -2.43. The molecule has 1 N–H and O–H groups in total. The summed E-state index contributed by atoms with van der Waals surface area (Å²) in [6.07, 6.45) is 0.405. The van der Waals surface area contributed by atoms with Crippen LogP contribution in [0.4, 0.5) is 0 Å². The highest BCUT2D eigenvalue weighted by Crippen LogP contribution is 2.30. The summed E-state index contributed by atoms with van der Waals surface area (Å²) < 4.78 is 5.32. The van der Waals surface area contributed by atoms with Gasteiger partial charge in [-0.3, -0.25) is 4.79 Å². The number of carbonyl (C=O) groups is 2. The molecule has 1 unspecified atom stereocenters. The van der Waals surface area contributed by atoms with Gasteiger partial charge in [0.05, 0.1) is 6.61 Å². The highest BCUT2D eigenvalue weighted by molar-refractivity contribution is 5.96. The summed E-state index contributed by atoms with van der Waals surface area (Å²) in [6.45, 7) is 8.10. The molecular formula is C28H31NO3. The highest BCUT2D eigenvalue weighted by atomic mass is 16.5. The number of aryl methyl sites for hydroxylation is 3. The van der Waals surface area contributed by atoms with Gasteiger partial charge in [-0.05, 0) is 57.4 Å². The van der Waals surface area contributed by atoms with Crippen molar-refractivity contribution in [2.45, 2.75) is 46.1 Å². The van der Waals surface area contributed by atoms with E-state index in [9.17, 15) is 9.59 Å². The summed E-state index contributed by atoms with van der Waals surface area (Å²) in [7, 11) is 0. The smallest absolute Gasteiger partial charge is 0.328 e. The second-order valence-electron chi connectivity index (χ2n) is 8.25. The van der Waals surface area contributed by atoms with E-state index in [1.807, 2.05) is 32.9 Å². The van der Waals surface area contributed by atoms with E-state index in [0.29, 0.717) is 12.0 Å². The van der Waals surface area contributed by atoms with Crippen LogP contribution in [0.2, 0.25) is 0 Å². The van der Waals surface area contributed by atoms with Crippen LogP contribution in [0.15, 0.2) is 72.8 Å². The van der Waals surface area contributed by atoms with Crippen molar-refractivity contribution in [3.63, 3.8) is 0 Å². The maximum atomic E-state index is 12.9. The summed E-state index contributed by atoms with van der Waals surface area (Å²) in [6, 6.07) is 23.2. The number of hydrogen-bond donors (Lipinski definition) is 1. The molecule has 0 aliphatic rings. The summed E-state index contributed by atoms with van der Waals surface area (Å²) in [5.74, 6) is -0.768. The summed E-state index contributed by atoms with van der Waals surface area (Å²) >= 11 is 0. The van der Waals surface area contributed by atoms with Crippen LogP contribution in [0.1, 0.15) is 57.4 Å². The van der Waals surface area contributed by atoms with Crippen molar-refractivity contribution < 1.29 is 14.3 Å². The van der Waals surface area contributed by atoms with Crippen molar-refractivity contribution in [2.75, 3.05) is 6.61 Å².